The van der Waals surface area contributed by atoms with Crippen molar-refractivity contribution < 1.29 is 19.1 Å². The summed E-state index contributed by atoms with van der Waals surface area (Å²) in [6.45, 7) is 12.6. The molecule has 1 saturated carbocycles. The maximum Gasteiger partial charge on any atom is 0.408 e. The van der Waals surface area contributed by atoms with Crippen molar-refractivity contribution in [1.29, 1.82) is 0 Å². The standard InChI is InChI=1S/C25H39N5O4/c1-16-7-9-18(10-8-16)20(28-23(33)34-24(2,3)4)21(31)27-19-13-17(11-12-26-19)14-30-15-25(5,6)29-22(30)32/h11-13,16,18,20H,7-10,14-15H2,1-6H3,(H,28,33)(H,29,32)(H,26,27,31). The second-order valence-electron chi connectivity index (χ2n) is 11.4. The molecule has 0 spiro atoms. The third kappa shape index (κ3) is 7.33. The van der Waals surface area contributed by atoms with Crippen molar-refractivity contribution in [2.24, 2.45) is 11.8 Å². The highest BCUT2D eigenvalue weighted by Crippen LogP contribution is 2.31. The van der Waals surface area contributed by atoms with Crippen LogP contribution in [0.1, 0.15) is 72.8 Å². The number of aromatic nitrogens is 1. The van der Waals surface area contributed by atoms with Crippen LogP contribution in [0.3, 0.4) is 0 Å². The third-order valence-electron chi connectivity index (χ3n) is 6.25. The summed E-state index contributed by atoms with van der Waals surface area (Å²) in [4.78, 5) is 44.0. The van der Waals surface area contributed by atoms with Gasteiger partial charge in [-0.05, 0) is 77.0 Å². The number of nitrogens with one attached hydrogen (secondary N) is 3. The molecule has 9 heteroatoms. The van der Waals surface area contributed by atoms with Gasteiger partial charge in [0.2, 0.25) is 5.91 Å². The lowest BCUT2D eigenvalue weighted by Crippen LogP contribution is -2.50. The largest absolute Gasteiger partial charge is 0.444 e. The first-order valence-electron chi connectivity index (χ1n) is 12.1. The van der Waals surface area contributed by atoms with Crippen LogP contribution < -0.4 is 16.0 Å². The molecule has 1 saturated heterocycles. The van der Waals surface area contributed by atoms with Crippen molar-refractivity contribution in [3.8, 4) is 0 Å². The lowest BCUT2D eigenvalue weighted by molar-refractivity contribution is -0.119. The van der Waals surface area contributed by atoms with E-state index in [-0.39, 0.29) is 23.4 Å². The highest BCUT2D eigenvalue weighted by Gasteiger charge is 2.35. The summed E-state index contributed by atoms with van der Waals surface area (Å²) < 4.78 is 5.41. The van der Waals surface area contributed by atoms with E-state index < -0.39 is 17.7 Å². The van der Waals surface area contributed by atoms with Crippen molar-refractivity contribution in [2.45, 2.75) is 91.0 Å². The van der Waals surface area contributed by atoms with E-state index in [0.29, 0.717) is 24.8 Å². The quantitative estimate of drug-likeness (QED) is 0.577. The minimum atomic E-state index is -0.710. The summed E-state index contributed by atoms with van der Waals surface area (Å²) in [7, 11) is 0. The minimum absolute atomic E-state index is 0.0300. The molecule has 1 unspecified atom stereocenters. The number of carbonyl (C=O) groups is 3. The van der Waals surface area contributed by atoms with Gasteiger partial charge in [-0.1, -0.05) is 19.8 Å². The number of hydrogen-bond acceptors (Lipinski definition) is 5. The van der Waals surface area contributed by atoms with E-state index in [1.807, 2.05) is 19.9 Å². The van der Waals surface area contributed by atoms with Crippen LogP contribution in [0.4, 0.5) is 15.4 Å². The second-order valence-corrected chi connectivity index (χ2v) is 11.4. The number of alkyl carbamates (subject to hydrolysis) is 1. The lowest BCUT2D eigenvalue weighted by atomic mass is 9.79. The van der Waals surface area contributed by atoms with Crippen LogP contribution in [0.15, 0.2) is 18.3 Å². The number of carbonyl (C=O) groups excluding carboxylic acids is 3. The van der Waals surface area contributed by atoms with E-state index in [4.69, 9.17) is 4.74 Å². The van der Waals surface area contributed by atoms with Crippen molar-refractivity contribution in [2.75, 3.05) is 11.9 Å². The summed E-state index contributed by atoms with van der Waals surface area (Å²) in [5, 5.41) is 8.62. The van der Waals surface area contributed by atoms with Gasteiger partial charge in [0, 0.05) is 19.3 Å². The predicted octanol–water partition coefficient (Wildman–Crippen LogP) is 4.04. The Morgan fingerprint density at radius 2 is 1.94 bits per heavy atom. The topological polar surface area (TPSA) is 113 Å². The van der Waals surface area contributed by atoms with Crippen LogP contribution >= 0.6 is 0 Å². The van der Waals surface area contributed by atoms with Gasteiger partial charge in [-0.3, -0.25) is 4.79 Å². The number of anilines is 1. The zero-order valence-corrected chi connectivity index (χ0v) is 21.2. The molecule has 34 heavy (non-hydrogen) atoms. The zero-order chi connectivity index (χ0) is 25.1. The summed E-state index contributed by atoms with van der Waals surface area (Å²) in [6, 6.07) is 2.77. The highest BCUT2D eigenvalue weighted by molar-refractivity contribution is 5.96. The number of pyridine rings is 1. The first kappa shape index (κ1) is 25.8. The second kappa shape index (κ2) is 10.2. The normalized spacial score (nSPS) is 23.1. The predicted molar refractivity (Wildman–Crippen MR) is 130 cm³/mol. The number of nitrogens with zero attached hydrogens (tertiary/aromatic N) is 2. The van der Waals surface area contributed by atoms with Crippen molar-refractivity contribution >= 4 is 23.8 Å². The first-order valence-corrected chi connectivity index (χ1v) is 12.1. The van der Waals surface area contributed by atoms with E-state index in [1.165, 1.54) is 0 Å². The van der Waals surface area contributed by atoms with Gasteiger partial charge >= 0.3 is 12.1 Å². The lowest BCUT2D eigenvalue weighted by Gasteiger charge is -2.32. The Balaban J connectivity index is 1.69. The summed E-state index contributed by atoms with van der Waals surface area (Å²) in [6.07, 6.45) is 4.78. The number of ether oxygens (including phenoxy) is 1. The smallest absolute Gasteiger partial charge is 0.408 e. The number of rotatable bonds is 6. The molecular formula is C25H39N5O4. The van der Waals surface area contributed by atoms with Crippen molar-refractivity contribution in [3.63, 3.8) is 0 Å². The fourth-order valence-electron chi connectivity index (χ4n) is 4.60. The van der Waals surface area contributed by atoms with E-state index in [0.717, 1.165) is 31.2 Å². The average Bonchev–Trinajstić information content (AvgIpc) is 2.97. The molecule has 3 rings (SSSR count). The minimum Gasteiger partial charge on any atom is -0.444 e. The molecule has 0 aromatic carbocycles. The van der Waals surface area contributed by atoms with E-state index in [1.54, 1.807) is 37.9 Å². The molecule has 3 N–H and O–H groups in total. The third-order valence-corrected chi connectivity index (χ3v) is 6.25. The van der Waals surface area contributed by atoms with Crippen LogP contribution in [0.2, 0.25) is 0 Å². The SMILES string of the molecule is CC1CCC(C(NC(=O)OC(C)(C)C)C(=O)Nc2cc(CN3CC(C)(C)NC3=O)ccn2)CC1. The molecular weight excluding hydrogens is 434 g/mol. The van der Waals surface area contributed by atoms with Crippen LogP contribution in [-0.4, -0.2) is 51.6 Å². The molecule has 0 radical (unpaired) electrons. The summed E-state index contributed by atoms with van der Waals surface area (Å²) >= 11 is 0. The Morgan fingerprint density at radius 1 is 1.26 bits per heavy atom. The fraction of sp³-hybridized carbons (Fsp3) is 0.680. The van der Waals surface area contributed by atoms with Crippen molar-refractivity contribution in [1.82, 2.24) is 20.5 Å². The molecule has 188 valence electrons. The zero-order valence-electron chi connectivity index (χ0n) is 21.2. The van der Waals surface area contributed by atoms with E-state index in [2.05, 4.69) is 27.9 Å². The number of hydrogen-bond donors (Lipinski definition) is 3. The van der Waals surface area contributed by atoms with Gasteiger partial charge in [0.25, 0.3) is 0 Å². The van der Waals surface area contributed by atoms with Gasteiger partial charge in [0.15, 0.2) is 0 Å². The molecule has 2 fully saturated rings. The molecule has 1 aliphatic heterocycles. The van der Waals surface area contributed by atoms with Gasteiger partial charge in [0.05, 0.1) is 5.54 Å². The molecule has 1 aliphatic carbocycles. The van der Waals surface area contributed by atoms with Crippen LogP contribution in [0.25, 0.3) is 0 Å². The molecule has 0 bridgehead atoms. The Morgan fingerprint density at radius 3 is 2.53 bits per heavy atom. The average molecular weight is 474 g/mol. The molecule has 2 aliphatic rings. The van der Waals surface area contributed by atoms with Gasteiger partial charge in [-0.25, -0.2) is 14.6 Å². The Kier molecular flexibility index (Phi) is 7.73. The fourth-order valence-corrected chi connectivity index (χ4v) is 4.60. The van der Waals surface area contributed by atoms with E-state index >= 15 is 0 Å². The molecule has 4 amide bonds. The molecule has 1 atom stereocenters. The van der Waals surface area contributed by atoms with Gasteiger partial charge in [0.1, 0.15) is 17.5 Å². The molecule has 1 aromatic rings. The Hall–Kier alpha value is -2.84. The maximum atomic E-state index is 13.3. The van der Waals surface area contributed by atoms with Gasteiger partial charge < -0.3 is 25.6 Å². The first-order chi connectivity index (χ1) is 15.8. The highest BCUT2D eigenvalue weighted by atomic mass is 16.6. The van der Waals surface area contributed by atoms with Crippen molar-refractivity contribution in [3.05, 3.63) is 23.9 Å². The number of urea groups is 1. The van der Waals surface area contributed by atoms with Crippen LogP contribution in [0, 0.1) is 11.8 Å². The molecule has 1 aromatic heterocycles. The van der Waals surface area contributed by atoms with E-state index in [9.17, 15) is 14.4 Å². The maximum absolute atomic E-state index is 13.3. The van der Waals surface area contributed by atoms with Crippen LogP contribution in [0.5, 0.6) is 0 Å². The summed E-state index contributed by atoms with van der Waals surface area (Å²) in [5.74, 6) is 0.728. The Bertz CT molecular complexity index is 903. The monoisotopic (exact) mass is 473 g/mol. The number of amides is 4. The van der Waals surface area contributed by atoms with Gasteiger partial charge in [-0.2, -0.15) is 0 Å². The van der Waals surface area contributed by atoms with Gasteiger partial charge in [-0.15, -0.1) is 0 Å². The molecule has 9 nitrogen and oxygen atoms in total. The summed E-state index contributed by atoms with van der Waals surface area (Å²) in [5.41, 5.74) is -0.0705. The Labute approximate surface area is 202 Å². The molecule has 2 heterocycles. The van der Waals surface area contributed by atoms with Crippen LogP contribution in [-0.2, 0) is 16.1 Å².